The van der Waals surface area contributed by atoms with Crippen LogP contribution in [0.2, 0.25) is 0 Å². The van der Waals surface area contributed by atoms with Crippen molar-refractivity contribution in [2.45, 2.75) is 18.6 Å². The molecule has 0 aliphatic carbocycles. The molecule has 0 bridgehead atoms. The van der Waals surface area contributed by atoms with E-state index in [1.165, 1.54) is 4.90 Å². The van der Waals surface area contributed by atoms with Crippen LogP contribution >= 0.6 is 11.8 Å². The fourth-order valence-corrected chi connectivity index (χ4v) is 1.91. The number of aliphatic carboxylic acids is 1. The van der Waals surface area contributed by atoms with Crippen LogP contribution in [0.5, 0.6) is 0 Å². The number of rotatable bonds is 5. The number of carboxylic acids is 1. The lowest BCUT2D eigenvalue weighted by molar-refractivity contribution is -0.134. The number of nitrogens with zero attached hydrogens (tertiary/aromatic N) is 3. The Morgan fingerprint density at radius 1 is 1.53 bits per heavy atom. The Kier molecular flexibility index (Phi) is 4.56. The molecule has 0 spiro atoms. The predicted molar refractivity (Wildman–Crippen MR) is 64.0 cm³/mol. The van der Waals surface area contributed by atoms with Gasteiger partial charge in [-0.25, -0.2) is 4.98 Å². The van der Waals surface area contributed by atoms with Crippen LogP contribution in [-0.2, 0) is 16.1 Å². The Bertz CT molecular complexity index is 428. The summed E-state index contributed by atoms with van der Waals surface area (Å²) in [5, 5.41) is 9.17. The summed E-state index contributed by atoms with van der Waals surface area (Å²) in [4.78, 5) is 27.7. The molecule has 1 rings (SSSR count). The number of hydrogen-bond donors (Lipinski definition) is 1. The Hall–Kier alpha value is -1.50. The maximum atomic E-state index is 11.6. The van der Waals surface area contributed by atoms with Crippen LogP contribution in [0.15, 0.2) is 11.4 Å². The number of likely N-dealkylation sites (N-methyl/N-ethyl adjacent to an activating group) is 1. The number of carboxylic acid groups (broad SMARTS) is 1. The summed E-state index contributed by atoms with van der Waals surface area (Å²) >= 11 is 1.11. The largest absolute Gasteiger partial charge is 0.481 e. The molecular formula is C10H15N3O3S. The molecule has 0 unspecified atom stereocenters. The molecule has 0 aliphatic heterocycles. The van der Waals surface area contributed by atoms with Crippen LogP contribution in [0, 0.1) is 6.92 Å². The third kappa shape index (κ3) is 4.10. The quantitative estimate of drug-likeness (QED) is 0.775. The molecule has 1 aromatic heterocycles. The van der Waals surface area contributed by atoms with Crippen LogP contribution in [0.25, 0.3) is 0 Å². The van der Waals surface area contributed by atoms with Gasteiger partial charge in [-0.2, -0.15) is 0 Å². The van der Waals surface area contributed by atoms with E-state index in [4.69, 9.17) is 5.11 Å². The standard InChI is InChI=1S/C10H15N3O3S/c1-7-4-13(5-8(14)12(2)3)10(11-7)17-6-9(15)16/h4H,5-6H2,1-3H3,(H,15,16). The number of aryl methyl sites for hydroxylation is 1. The highest BCUT2D eigenvalue weighted by molar-refractivity contribution is 7.99. The van der Waals surface area contributed by atoms with Crippen molar-refractivity contribution in [2.24, 2.45) is 0 Å². The molecule has 1 amide bonds. The Labute approximate surface area is 104 Å². The first kappa shape index (κ1) is 13.6. The Balaban J connectivity index is 2.77. The van der Waals surface area contributed by atoms with Crippen molar-refractivity contribution < 1.29 is 14.7 Å². The Morgan fingerprint density at radius 2 is 2.18 bits per heavy atom. The first-order chi connectivity index (χ1) is 7.90. The van der Waals surface area contributed by atoms with Crippen molar-refractivity contribution in [1.29, 1.82) is 0 Å². The molecule has 1 N–H and O–H groups in total. The molecule has 0 radical (unpaired) electrons. The molecule has 0 aromatic carbocycles. The van der Waals surface area contributed by atoms with Crippen LogP contribution in [0.3, 0.4) is 0 Å². The topological polar surface area (TPSA) is 75.4 Å². The highest BCUT2D eigenvalue weighted by atomic mass is 32.2. The third-order valence-electron chi connectivity index (χ3n) is 1.99. The highest BCUT2D eigenvalue weighted by Crippen LogP contribution is 2.17. The summed E-state index contributed by atoms with van der Waals surface area (Å²) < 4.78 is 1.67. The van der Waals surface area contributed by atoms with Gasteiger partial charge in [0.05, 0.1) is 11.4 Å². The van der Waals surface area contributed by atoms with Crippen molar-refractivity contribution >= 4 is 23.6 Å². The second kappa shape index (κ2) is 5.72. The van der Waals surface area contributed by atoms with Gasteiger partial charge in [-0.15, -0.1) is 0 Å². The summed E-state index contributed by atoms with van der Waals surface area (Å²) in [5.41, 5.74) is 0.768. The first-order valence-electron chi connectivity index (χ1n) is 4.98. The zero-order chi connectivity index (χ0) is 13.0. The van der Waals surface area contributed by atoms with E-state index in [1.54, 1.807) is 24.9 Å². The van der Waals surface area contributed by atoms with Crippen molar-refractivity contribution in [1.82, 2.24) is 14.5 Å². The maximum Gasteiger partial charge on any atom is 0.313 e. The van der Waals surface area contributed by atoms with Gasteiger partial charge in [0.15, 0.2) is 5.16 Å². The second-order valence-corrected chi connectivity index (χ2v) is 4.71. The molecule has 0 atom stereocenters. The molecule has 0 saturated heterocycles. The van der Waals surface area contributed by atoms with E-state index in [9.17, 15) is 9.59 Å². The van der Waals surface area contributed by atoms with Gasteiger partial charge in [0.1, 0.15) is 6.54 Å². The van der Waals surface area contributed by atoms with Gasteiger partial charge >= 0.3 is 5.97 Å². The lowest BCUT2D eigenvalue weighted by Gasteiger charge is -2.11. The summed E-state index contributed by atoms with van der Waals surface area (Å²) in [5.74, 6) is -1.02. The zero-order valence-corrected chi connectivity index (χ0v) is 10.8. The number of amides is 1. The lowest BCUT2D eigenvalue weighted by Crippen LogP contribution is -2.26. The molecule has 0 fully saturated rings. The van der Waals surface area contributed by atoms with Gasteiger partial charge in [0, 0.05) is 20.3 Å². The maximum absolute atomic E-state index is 11.6. The average Bonchev–Trinajstić information content (AvgIpc) is 2.55. The monoisotopic (exact) mass is 257 g/mol. The van der Waals surface area contributed by atoms with Gasteiger partial charge in [-0.3, -0.25) is 9.59 Å². The number of hydrogen-bond acceptors (Lipinski definition) is 4. The van der Waals surface area contributed by atoms with Crippen molar-refractivity contribution in [3.05, 3.63) is 11.9 Å². The van der Waals surface area contributed by atoms with Crippen molar-refractivity contribution in [2.75, 3.05) is 19.8 Å². The molecule has 0 aliphatic rings. The second-order valence-electron chi connectivity index (χ2n) is 3.76. The van der Waals surface area contributed by atoms with Crippen LogP contribution in [-0.4, -0.2) is 51.3 Å². The number of thioether (sulfide) groups is 1. The molecule has 0 saturated carbocycles. The molecular weight excluding hydrogens is 242 g/mol. The van der Waals surface area contributed by atoms with Gasteiger partial charge in [0.2, 0.25) is 5.91 Å². The molecule has 6 nitrogen and oxygen atoms in total. The number of carbonyl (C=O) groups excluding carboxylic acids is 1. The fraction of sp³-hybridized carbons (Fsp3) is 0.500. The van der Waals surface area contributed by atoms with Gasteiger partial charge < -0.3 is 14.6 Å². The molecule has 17 heavy (non-hydrogen) atoms. The summed E-state index contributed by atoms with van der Waals surface area (Å²) in [6.07, 6.45) is 1.74. The number of aromatic nitrogens is 2. The third-order valence-corrected chi connectivity index (χ3v) is 2.96. The molecule has 1 heterocycles. The summed E-state index contributed by atoms with van der Waals surface area (Å²) in [6.45, 7) is 1.98. The average molecular weight is 257 g/mol. The minimum Gasteiger partial charge on any atom is -0.481 e. The molecule has 1 aromatic rings. The van der Waals surface area contributed by atoms with Crippen LogP contribution in [0.4, 0.5) is 0 Å². The summed E-state index contributed by atoms with van der Waals surface area (Å²) in [7, 11) is 3.35. The Morgan fingerprint density at radius 3 is 2.71 bits per heavy atom. The van der Waals surface area contributed by atoms with Crippen molar-refractivity contribution in [3.63, 3.8) is 0 Å². The highest BCUT2D eigenvalue weighted by Gasteiger charge is 2.12. The zero-order valence-electron chi connectivity index (χ0n) is 10.0. The lowest BCUT2D eigenvalue weighted by atomic mass is 10.5. The van der Waals surface area contributed by atoms with Gasteiger partial charge in [0.25, 0.3) is 0 Å². The van der Waals surface area contributed by atoms with E-state index in [1.807, 2.05) is 6.92 Å². The van der Waals surface area contributed by atoms with E-state index < -0.39 is 5.97 Å². The normalized spacial score (nSPS) is 10.3. The minimum atomic E-state index is -0.902. The predicted octanol–water partition coefficient (Wildman–Crippen LogP) is 0.456. The molecule has 94 valence electrons. The minimum absolute atomic E-state index is 0.0559. The first-order valence-corrected chi connectivity index (χ1v) is 5.97. The smallest absolute Gasteiger partial charge is 0.313 e. The van der Waals surface area contributed by atoms with Crippen molar-refractivity contribution in [3.8, 4) is 0 Å². The van der Waals surface area contributed by atoms with E-state index in [0.29, 0.717) is 5.16 Å². The molecule has 7 heteroatoms. The van der Waals surface area contributed by atoms with Crippen LogP contribution in [0.1, 0.15) is 5.69 Å². The number of carbonyl (C=O) groups is 2. The number of imidazole rings is 1. The van der Waals surface area contributed by atoms with Crippen LogP contribution < -0.4 is 0 Å². The van der Waals surface area contributed by atoms with Gasteiger partial charge in [-0.05, 0) is 6.92 Å². The SMILES string of the molecule is Cc1cn(CC(=O)N(C)C)c(SCC(=O)O)n1. The summed E-state index contributed by atoms with van der Waals surface area (Å²) in [6, 6.07) is 0. The van der Waals surface area contributed by atoms with E-state index in [0.717, 1.165) is 17.5 Å². The van der Waals surface area contributed by atoms with E-state index in [2.05, 4.69) is 4.98 Å². The van der Waals surface area contributed by atoms with Gasteiger partial charge in [-0.1, -0.05) is 11.8 Å². The fourth-order valence-electron chi connectivity index (χ4n) is 1.17. The van der Waals surface area contributed by atoms with E-state index in [-0.39, 0.29) is 18.2 Å². The van der Waals surface area contributed by atoms with E-state index >= 15 is 0 Å².